The molecule has 3 aromatic rings. The molecule has 51 heavy (non-hydrogen) atoms. The summed E-state index contributed by atoms with van der Waals surface area (Å²) in [5, 5.41) is 0.514. The lowest BCUT2D eigenvalue weighted by atomic mass is 9.75. The number of carbonyl (C=O) groups is 2. The van der Waals surface area contributed by atoms with Crippen molar-refractivity contribution in [2.24, 2.45) is 0 Å². The zero-order valence-electron chi connectivity index (χ0n) is 29.1. The van der Waals surface area contributed by atoms with Crippen LogP contribution in [0.5, 0.6) is 0 Å². The van der Waals surface area contributed by atoms with Crippen molar-refractivity contribution in [2.75, 3.05) is 80.4 Å². The molecule has 0 bridgehead atoms. The van der Waals surface area contributed by atoms with Gasteiger partial charge in [0.1, 0.15) is 16.8 Å². The van der Waals surface area contributed by atoms with E-state index < -0.39 is 26.9 Å². The molecule has 0 aliphatic carbocycles. The number of pyridine rings is 1. The Labute approximate surface area is 317 Å². The van der Waals surface area contributed by atoms with E-state index in [-0.39, 0.29) is 50.3 Å². The Kier molecular flexibility index (Phi) is 13.6. The topological polar surface area (TPSA) is 152 Å². The lowest BCUT2D eigenvalue weighted by Gasteiger charge is -2.46. The first-order chi connectivity index (χ1) is 24.3. The highest BCUT2D eigenvalue weighted by molar-refractivity contribution is 14.1. The second-order valence-electron chi connectivity index (χ2n) is 13.4. The maximum atomic E-state index is 14.2. The summed E-state index contributed by atoms with van der Waals surface area (Å²) in [5.74, 6) is 0.280. The smallest absolute Gasteiger partial charge is 0.410 e. The molecule has 14 nitrogen and oxygen atoms in total. The molecular weight excluding hydrogens is 817 g/mol. The molecule has 1 spiro atoms. The van der Waals surface area contributed by atoms with E-state index in [0.717, 1.165) is 11.1 Å². The molecule has 0 unspecified atom stereocenters. The van der Waals surface area contributed by atoms with Crippen LogP contribution in [0.15, 0.2) is 36.7 Å². The Morgan fingerprint density at radius 2 is 1.65 bits per heavy atom. The van der Waals surface area contributed by atoms with Crippen molar-refractivity contribution in [3.63, 3.8) is 0 Å². The van der Waals surface area contributed by atoms with Crippen LogP contribution in [0, 0.1) is 0 Å². The minimum Gasteiger partial charge on any atom is -0.444 e. The Balaban J connectivity index is 1.17. The zero-order chi connectivity index (χ0) is 36.6. The van der Waals surface area contributed by atoms with Crippen LogP contribution in [0.1, 0.15) is 38.6 Å². The SMILES string of the molecule is CC(C)(C)OC(=O)N1CC2(C1)C(=O)N(Cc1nc3cc(Cl)ccc3n1CCCS(=O)(=O)CCOCCOCCOCCOCI)c1cnccc12. The molecule has 2 aliphatic rings. The number of hydrogen-bond donors (Lipinski definition) is 0. The van der Waals surface area contributed by atoms with Crippen molar-refractivity contribution in [2.45, 2.75) is 51.3 Å². The number of nitrogens with zero attached hydrogens (tertiary/aromatic N) is 5. The molecule has 1 saturated heterocycles. The number of hydrogen-bond acceptors (Lipinski definition) is 11. The van der Waals surface area contributed by atoms with E-state index in [1.54, 1.807) is 50.2 Å². The normalized spacial score (nSPS) is 15.5. The fourth-order valence-corrected chi connectivity index (χ4v) is 7.74. The third kappa shape index (κ3) is 10.1. The lowest BCUT2D eigenvalue weighted by molar-refractivity contribution is -0.129. The monoisotopic (exact) mass is 861 g/mol. The number of carbonyl (C=O) groups excluding carboxylic acids is 2. The summed E-state index contributed by atoms with van der Waals surface area (Å²) >= 11 is 8.43. The number of sulfone groups is 1. The largest absolute Gasteiger partial charge is 0.444 e. The van der Waals surface area contributed by atoms with Crippen LogP contribution < -0.4 is 4.90 Å². The van der Waals surface area contributed by atoms with Crippen LogP contribution in [0.2, 0.25) is 5.02 Å². The molecule has 2 aliphatic heterocycles. The fourth-order valence-electron chi connectivity index (χ4n) is 6.12. The molecule has 5 rings (SSSR count). The van der Waals surface area contributed by atoms with Crippen molar-refractivity contribution in [1.29, 1.82) is 0 Å². The van der Waals surface area contributed by atoms with Crippen LogP contribution >= 0.6 is 34.2 Å². The Hall–Kier alpha value is -2.61. The van der Waals surface area contributed by atoms with Gasteiger partial charge >= 0.3 is 6.09 Å². The number of amides is 2. The van der Waals surface area contributed by atoms with Gasteiger partial charge in [0.2, 0.25) is 5.91 Å². The number of aromatic nitrogens is 3. The van der Waals surface area contributed by atoms with Gasteiger partial charge in [0.15, 0.2) is 9.84 Å². The number of benzene rings is 1. The number of imidazole rings is 1. The molecule has 0 N–H and O–H groups in total. The van der Waals surface area contributed by atoms with Gasteiger partial charge in [-0.25, -0.2) is 18.2 Å². The van der Waals surface area contributed by atoms with Gasteiger partial charge in [0.05, 0.1) is 91.8 Å². The average molecular weight is 862 g/mol. The predicted molar refractivity (Wildman–Crippen MR) is 200 cm³/mol. The highest BCUT2D eigenvalue weighted by Crippen LogP contribution is 2.48. The minimum atomic E-state index is -3.39. The fraction of sp³-hybridized carbons (Fsp3) is 0.588. The van der Waals surface area contributed by atoms with Crippen LogP contribution in [0.4, 0.5) is 10.5 Å². The Bertz CT molecular complexity index is 1780. The van der Waals surface area contributed by atoms with E-state index in [2.05, 4.69) is 27.6 Å². The molecule has 2 amide bonds. The third-order valence-electron chi connectivity index (χ3n) is 8.49. The second kappa shape index (κ2) is 17.5. The van der Waals surface area contributed by atoms with Crippen LogP contribution in [0.3, 0.4) is 0 Å². The van der Waals surface area contributed by atoms with Gasteiger partial charge in [0, 0.05) is 30.9 Å². The molecule has 0 atom stereocenters. The molecule has 17 heteroatoms. The van der Waals surface area contributed by atoms with Crippen molar-refractivity contribution < 1.29 is 41.7 Å². The molecule has 2 aromatic heterocycles. The van der Waals surface area contributed by atoms with Gasteiger partial charge < -0.3 is 38.1 Å². The number of alkyl halides is 1. The van der Waals surface area contributed by atoms with Crippen molar-refractivity contribution in [3.8, 4) is 0 Å². The first-order valence-corrected chi connectivity index (χ1v) is 20.5. The summed E-state index contributed by atoms with van der Waals surface area (Å²) in [6, 6.07) is 7.18. The van der Waals surface area contributed by atoms with E-state index in [9.17, 15) is 18.0 Å². The van der Waals surface area contributed by atoms with Crippen LogP contribution in [-0.4, -0.2) is 121 Å². The van der Waals surface area contributed by atoms with Crippen molar-refractivity contribution in [3.05, 3.63) is 53.1 Å². The first kappa shape index (κ1) is 39.6. The first-order valence-electron chi connectivity index (χ1n) is 16.8. The number of anilines is 1. The predicted octanol–water partition coefficient (Wildman–Crippen LogP) is 4.38. The van der Waals surface area contributed by atoms with E-state index in [4.69, 9.17) is 40.3 Å². The summed E-state index contributed by atoms with van der Waals surface area (Å²) in [5.41, 5.74) is 1.31. The quantitative estimate of drug-likeness (QED) is 0.0960. The van der Waals surface area contributed by atoms with Crippen LogP contribution in [-0.2, 0) is 56.8 Å². The summed E-state index contributed by atoms with van der Waals surface area (Å²) in [6.45, 7) is 8.91. The molecule has 1 aromatic carbocycles. The van der Waals surface area contributed by atoms with E-state index >= 15 is 0 Å². The number of fused-ring (bicyclic) bond motifs is 3. The molecule has 1 fully saturated rings. The summed E-state index contributed by atoms with van der Waals surface area (Å²) in [7, 11) is -3.39. The standard InChI is InChI=1S/C34H45ClIN5O9S/c1-33(2,3)50-32(43)39-22-34(23-39)26-7-8-37-20-29(26)41(31(34)42)21-30-38-27-19-25(35)5-6-28(27)40(30)9-4-17-51(44,45)18-16-48-13-12-46-10-11-47-14-15-49-24-36/h5-8,19-20H,4,9-18,21-24H2,1-3H3. The summed E-state index contributed by atoms with van der Waals surface area (Å²) in [6.07, 6.45) is 3.17. The maximum absolute atomic E-state index is 14.2. The Morgan fingerprint density at radius 1 is 0.980 bits per heavy atom. The van der Waals surface area contributed by atoms with Crippen molar-refractivity contribution >= 4 is 72.8 Å². The summed E-state index contributed by atoms with van der Waals surface area (Å²) < 4.78 is 55.4. The zero-order valence-corrected chi connectivity index (χ0v) is 32.9. The number of ether oxygens (including phenoxy) is 5. The molecule has 280 valence electrons. The van der Waals surface area contributed by atoms with Crippen molar-refractivity contribution in [1.82, 2.24) is 19.4 Å². The number of aryl methyl sites for hydroxylation is 1. The van der Waals surface area contributed by atoms with Gasteiger partial charge in [-0.1, -0.05) is 34.2 Å². The maximum Gasteiger partial charge on any atom is 0.410 e. The minimum absolute atomic E-state index is 0.0445. The highest BCUT2D eigenvalue weighted by atomic mass is 127. The van der Waals surface area contributed by atoms with Gasteiger partial charge in [-0.15, -0.1) is 0 Å². The molecule has 0 radical (unpaired) electrons. The number of halogens is 2. The van der Waals surface area contributed by atoms with E-state index in [1.165, 1.54) is 4.90 Å². The van der Waals surface area contributed by atoms with Crippen LogP contribution in [0.25, 0.3) is 11.0 Å². The second-order valence-corrected chi connectivity index (χ2v) is 16.7. The van der Waals surface area contributed by atoms with E-state index in [1.807, 2.05) is 16.7 Å². The van der Waals surface area contributed by atoms with E-state index in [0.29, 0.717) is 72.7 Å². The van der Waals surface area contributed by atoms with Gasteiger partial charge in [-0.2, -0.15) is 0 Å². The van der Waals surface area contributed by atoms with Gasteiger partial charge in [-0.05, 0) is 57.0 Å². The Morgan fingerprint density at radius 3 is 2.31 bits per heavy atom. The van der Waals surface area contributed by atoms with Gasteiger partial charge in [0.25, 0.3) is 0 Å². The third-order valence-corrected chi connectivity index (χ3v) is 10.9. The highest BCUT2D eigenvalue weighted by Gasteiger charge is 2.60. The molecule has 0 saturated carbocycles. The average Bonchev–Trinajstić information content (AvgIpc) is 3.50. The summed E-state index contributed by atoms with van der Waals surface area (Å²) in [4.78, 5) is 39.2. The molecule has 4 heterocycles. The number of likely N-dealkylation sites (tertiary alicyclic amines) is 1. The van der Waals surface area contributed by atoms with Gasteiger partial charge in [-0.3, -0.25) is 9.78 Å². The molecular formula is C34H45ClIN5O9S. The number of rotatable bonds is 19. The lowest BCUT2D eigenvalue weighted by Crippen LogP contribution is -2.65.